The lowest BCUT2D eigenvalue weighted by atomic mass is 10.2. The average Bonchev–Trinajstić information content (AvgIpc) is 2.66. The van der Waals surface area contributed by atoms with Crippen molar-refractivity contribution in [3.63, 3.8) is 0 Å². The van der Waals surface area contributed by atoms with E-state index in [2.05, 4.69) is 24.1 Å². The van der Waals surface area contributed by atoms with Crippen molar-refractivity contribution in [1.82, 2.24) is 10.2 Å². The van der Waals surface area contributed by atoms with Crippen LogP contribution in [0.3, 0.4) is 0 Å². The lowest BCUT2D eigenvalue weighted by Crippen LogP contribution is -2.42. The molecule has 1 N–H and O–H groups in total. The highest BCUT2D eigenvalue weighted by molar-refractivity contribution is 4.78. The Morgan fingerprint density at radius 1 is 1.38 bits per heavy atom. The SMILES string of the molecule is CCN(CC(C)NC)C1CCCC1. The van der Waals surface area contributed by atoms with Crippen molar-refractivity contribution in [3.05, 3.63) is 0 Å². The largest absolute Gasteiger partial charge is 0.316 e. The summed E-state index contributed by atoms with van der Waals surface area (Å²) in [7, 11) is 2.05. The van der Waals surface area contributed by atoms with E-state index in [-0.39, 0.29) is 0 Å². The standard InChI is InChI=1S/C11H24N2/c1-4-13(9-10(2)12-3)11-7-5-6-8-11/h10-12H,4-9H2,1-3H3. The maximum absolute atomic E-state index is 3.31. The van der Waals surface area contributed by atoms with Gasteiger partial charge in [0.2, 0.25) is 0 Å². The van der Waals surface area contributed by atoms with Crippen LogP contribution in [0.1, 0.15) is 39.5 Å². The van der Waals surface area contributed by atoms with E-state index in [4.69, 9.17) is 0 Å². The first-order chi connectivity index (χ1) is 6.27. The first kappa shape index (κ1) is 11.0. The third-order valence-electron chi connectivity index (χ3n) is 3.25. The summed E-state index contributed by atoms with van der Waals surface area (Å²) in [6, 6.07) is 1.50. The quantitative estimate of drug-likeness (QED) is 0.701. The second-order valence-electron chi connectivity index (χ2n) is 4.22. The molecule has 2 nitrogen and oxygen atoms in total. The average molecular weight is 184 g/mol. The molecule has 1 unspecified atom stereocenters. The molecule has 0 radical (unpaired) electrons. The van der Waals surface area contributed by atoms with E-state index in [1.165, 1.54) is 38.8 Å². The van der Waals surface area contributed by atoms with Crippen LogP contribution in [-0.4, -0.2) is 37.1 Å². The van der Waals surface area contributed by atoms with Crippen LogP contribution in [0.15, 0.2) is 0 Å². The zero-order valence-electron chi connectivity index (χ0n) is 9.34. The van der Waals surface area contributed by atoms with Crippen LogP contribution < -0.4 is 5.32 Å². The topological polar surface area (TPSA) is 15.3 Å². The van der Waals surface area contributed by atoms with E-state index < -0.39 is 0 Å². The van der Waals surface area contributed by atoms with E-state index in [1.807, 2.05) is 7.05 Å². The number of hydrogen-bond donors (Lipinski definition) is 1. The highest BCUT2D eigenvalue weighted by Crippen LogP contribution is 2.23. The Hall–Kier alpha value is -0.0800. The monoisotopic (exact) mass is 184 g/mol. The molecule has 1 aliphatic carbocycles. The zero-order chi connectivity index (χ0) is 9.68. The van der Waals surface area contributed by atoms with Crippen LogP contribution in [-0.2, 0) is 0 Å². The summed E-state index contributed by atoms with van der Waals surface area (Å²) in [6.07, 6.45) is 5.72. The predicted octanol–water partition coefficient (Wildman–Crippen LogP) is 1.86. The highest BCUT2D eigenvalue weighted by atomic mass is 15.2. The Bertz CT molecular complexity index is 130. The van der Waals surface area contributed by atoms with Crippen molar-refractivity contribution >= 4 is 0 Å². The molecule has 1 atom stereocenters. The van der Waals surface area contributed by atoms with Gasteiger partial charge in [-0.25, -0.2) is 0 Å². The van der Waals surface area contributed by atoms with Crippen molar-refractivity contribution in [2.45, 2.75) is 51.6 Å². The van der Waals surface area contributed by atoms with Gasteiger partial charge in [0, 0.05) is 18.6 Å². The smallest absolute Gasteiger partial charge is 0.0163 e. The molecule has 0 amide bonds. The molecular formula is C11H24N2. The van der Waals surface area contributed by atoms with Crippen LogP contribution in [0.5, 0.6) is 0 Å². The molecule has 1 saturated carbocycles. The minimum absolute atomic E-state index is 0.626. The van der Waals surface area contributed by atoms with Gasteiger partial charge in [0.25, 0.3) is 0 Å². The van der Waals surface area contributed by atoms with Crippen molar-refractivity contribution < 1.29 is 0 Å². The maximum atomic E-state index is 3.31. The van der Waals surface area contributed by atoms with Gasteiger partial charge in [-0.2, -0.15) is 0 Å². The van der Waals surface area contributed by atoms with Gasteiger partial charge < -0.3 is 5.32 Å². The molecule has 13 heavy (non-hydrogen) atoms. The van der Waals surface area contributed by atoms with Crippen molar-refractivity contribution in [2.75, 3.05) is 20.1 Å². The molecule has 0 aliphatic heterocycles. The van der Waals surface area contributed by atoms with Gasteiger partial charge in [-0.05, 0) is 33.4 Å². The molecular weight excluding hydrogens is 160 g/mol. The fourth-order valence-electron chi connectivity index (χ4n) is 2.25. The Kier molecular flexibility index (Phi) is 4.74. The van der Waals surface area contributed by atoms with Crippen LogP contribution in [0, 0.1) is 0 Å². The minimum atomic E-state index is 0.626. The summed E-state index contributed by atoms with van der Waals surface area (Å²) in [5, 5.41) is 3.31. The van der Waals surface area contributed by atoms with E-state index in [9.17, 15) is 0 Å². The van der Waals surface area contributed by atoms with Gasteiger partial charge in [0.15, 0.2) is 0 Å². The Morgan fingerprint density at radius 3 is 2.46 bits per heavy atom. The number of nitrogens with one attached hydrogen (secondary N) is 1. The highest BCUT2D eigenvalue weighted by Gasteiger charge is 2.21. The maximum Gasteiger partial charge on any atom is 0.0163 e. The summed E-state index contributed by atoms with van der Waals surface area (Å²) < 4.78 is 0. The van der Waals surface area contributed by atoms with Gasteiger partial charge in [0.05, 0.1) is 0 Å². The van der Waals surface area contributed by atoms with E-state index in [0.717, 1.165) is 6.04 Å². The van der Waals surface area contributed by atoms with Crippen LogP contribution >= 0.6 is 0 Å². The molecule has 0 saturated heterocycles. The number of hydrogen-bond acceptors (Lipinski definition) is 2. The summed E-state index contributed by atoms with van der Waals surface area (Å²) in [5.41, 5.74) is 0. The number of nitrogens with zero attached hydrogens (tertiary/aromatic N) is 1. The first-order valence-corrected chi connectivity index (χ1v) is 5.69. The summed E-state index contributed by atoms with van der Waals surface area (Å²) in [6.45, 7) is 6.95. The molecule has 0 aromatic rings. The fourth-order valence-corrected chi connectivity index (χ4v) is 2.25. The lowest BCUT2D eigenvalue weighted by molar-refractivity contribution is 0.193. The lowest BCUT2D eigenvalue weighted by Gasteiger charge is -2.29. The molecule has 0 aromatic heterocycles. The molecule has 1 aliphatic rings. The van der Waals surface area contributed by atoms with E-state index in [0.29, 0.717) is 6.04 Å². The fraction of sp³-hybridized carbons (Fsp3) is 1.00. The van der Waals surface area contributed by atoms with E-state index >= 15 is 0 Å². The molecule has 1 fully saturated rings. The molecule has 0 spiro atoms. The van der Waals surface area contributed by atoms with Gasteiger partial charge >= 0.3 is 0 Å². The van der Waals surface area contributed by atoms with Gasteiger partial charge in [-0.15, -0.1) is 0 Å². The van der Waals surface area contributed by atoms with Gasteiger partial charge in [-0.1, -0.05) is 19.8 Å². The van der Waals surface area contributed by atoms with Crippen molar-refractivity contribution in [1.29, 1.82) is 0 Å². The number of rotatable bonds is 5. The second-order valence-corrected chi connectivity index (χ2v) is 4.22. The normalized spacial score (nSPS) is 21.2. The summed E-state index contributed by atoms with van der Waals surface area (Å²) in [5.74, 6) is 0. The molecule has 0 bridgehead atoms. The van der Waals surface area contributed by atoms with Crippen LogP contribution in [0.4, 0.5) is 0 Å². The second kappa shape index (κ2) is 5.61. The van der Waals surface area contributed by atoms with Crippen molar-refractivity contribution in [3.8, 4) is 0 Å². The van der Waals surface area contributed by atoms with Gasteiger partial charge in [-0.3, -0.25) is 4.90 Å². The Balaban J connectivity index is 2.32. The van der Waals surface area contributed by atoms with Crippen LogP contribution in [0.25, 0.3) is 0 Å². The summed E-state index contributed by atoms with van der Waals surface area (Å²) >= 11 is 0. The zero-order valence-corrected chi connectivity index (χ0v) is 9.34. The molecule has 1 rings (SSSR count). The Morgan fingerprint density at radius 2 is 2.00 bits per heavy atom. The van der Waals surface area contributed by atoms with Crippen molar-refractivity contribution in [2.24, 2.45) is 0 Å². The summed E-state index contributed by atoms with van der Waals surface area (Å²) in [4.78, 5) is 2.63. The molecule has 78 valence electrons. The molecule has 0 heterocycles. The van der Waals surface area contributed by atoms with Gasteiger partial charge in [0.1, 0.15) is 0 Å². The molecule has 2 heteroatoms. The van der Waals surface area contributed by atoms with Crippen LogP contribution in [0.2, 0.25) is 0 Å². The third-order valence-corrected chi connectivity index (χ3v) is 3.25. The predicted molar refractivity (Wildman–Crippen MR) is 58.0 cm³/mol. The number of likely N-dealkylation sites (N-methyl/N-ethyl adjacent to an activating group) is 2. The molecule has 0 aromatic carbocycles. The first-order valence-electron chi connectivity index (χ1n) is 5.69. The third kappa shape index (κ3) is 3.28. The minimum Gasteiger partial charge on any atom is -0.316 e. The Labute approximate surface area is 82.7 Å². The van der Waals surface area contributed by atoms with E-state index in [1.54, 1.807) is 0 Å².